The molecule has 2 nitrogen and oxygen atoms in total. The molecule has 1 atom stereocenters. The zero-order valence-corrected chi connectivity index (χ0v) is 11.2. The zero-order chi connectivity index (χ0) is 12.8. The normalized spacial score (nSPS) is 12.3. The van der Waals surface area contributed by atoms with Gasteiger partial charge in [0.25, 0.3) is 0 Å². The fourth-order valence-corrected chi connectivity index (χ4v) is 1.96. The van der Waals surface area contributed by atoms with Crippen LogP contribution in [0, 0.1) is 0 Å². The van der Waals surface area contributed by atoms with E-state index in [1.165, 1.54) is 11.1 Å². The first kappa shape index (κ1) is 13.1. The molecule has 0 bridgehead atoms. The molecule has 0 aliphatic carbocycles. The van der Waals surface area contributed by atoms with Crippen LogP contribution < -0.4 is 5.32 Å². The van der Waals surface area contributed by atoms with E-state index in [4.69, 9.17) is 11.6 Å². The molecule has 1 aromatic carbocycles. The topological polar surface area (TPSA) is 24.9 Å². The van der Waals surface area contributed by atoms with E-state index < -0.39 is 0 Å². The van der Waals surface area contributed by atoms with Gasteiger partial charge in [0.15, 0.2) is 0 Å². The number of rotatable bonds is 5. The summed E-state index contributed by atoms with van der Waals surface area (Å²) in [6, 6.07) is 12.4. The Labute approximate surface area is 113 Å². The first-order chi connectivity index (χ1) is 8.75. The van der Waals surface area contributed by atoms with E-state index >= 15 is 0 Å². The molecule has 2 rings (SSSR count). The van der Waals surface area contributed by atoms with Gasteiger partial charge in [-0.1, -0.05) is 29.8 Å². The molecule has 1 heterocycles. The number of nitrogens with one attached hydrogen (secondary N) is 1. The van der Waals surface area contributed by atoms with Crippen LogP contribution in [-0.2, 0) is 6.42 Å². The van der Waals surface area contributed by atoms with Crippen LogP contribution >= 0.6 is 11.6 Å². The van der Waals surface area contributed by atoms with Crippen LogP contribution in [0.4, 0.5) is 0 Å². The Balaban J connectivity index is 1.80. The fourth-order valence-electron chi connectivity index (χ4n) is 1.83. The second kappa shape index (κ2) is 6.53. The molecule has 0 saturated carbocycles. The lowest BCUT2D eigenvalue weighted by Gasteiger charge is -2.13. The largest absolute Gasteiger partial charge is 0.310 e. The molecule has 94 valence electrons. The van der Waals surface area contributed by atoms with Gasteiger partial charge in [0.05, 0.1) is 0 Å². The highest BCUT2D eigenvalue weighted by Crippen LogP contribution is 2.11. The van der Waals surface area contributed by atoms with Crippen LogP contribution in [0.3, 0.4) is 0 Å². The van der Waals surface area contributed by atoms with Crippen LogP contribution in [0.25, 0.3) is 0 Å². The summed E-state index contributed by atoms with van der Waals surface area (Å²) in [5, 5.41) is 4.28. The third-order valence-electron chi connectivity index (χ3n) is 2.96. The van der Waals surface area contributed by atoms with E-state index in [1.54, 1.807) is 6.20 Å². The Morgan fingerprint density at radius 2 is 2.00 bits per heavy atom. The molecular weight excluding hydrogens is 244 g/mol. The standard InChI is InChI=1S/C15H17ClN2/c1-12(14-3-2-9-17-11-14)18-10-8-13-4-6-15(16)7-5-13/h2-7,9,11-12,18H,8,10H2,1H3. The summed E-state index contributed by atoms with van der Waals surface area (Å²) >= 11 is 5.85. The summed E-state index contributed by atoms with van der Waals surface area (Å²) in [5.41, 5.74) is 2.51. The smallest absolute Gasteiger partial charge is 0.0406 e. The molecule has 0 amide bonds. The molecule has 0 aliphatic rings. The first-order valence-corrected chi connectivity index (χ1v) is 6.51. The summed E-state index contributed by atoms with van der Waals surface area (Å²) in [6.07, 6.45) is 4.70. The molecule has 0 saturated heterocycles. The van der Waals surface area contributed by atoms with Gasteiger partial charge in [0.1, 0.15) is 0 Å². The van der Waals surface area contributed by atoms with Crippen molar-refractivity contribution in [3.05, 3.63) is 64.9 Å². The lowest BCUT2D eigenvalue weighted by Crippen LogP contribution is -2.21. The van der Waals surface area contributed by atoms with Gasteiger partial charge in [-0.15, -0.1) is 0 Å². The van der Waals surface area contributed by atoms with E-state index in [0.717, 1.165) is 18.0 Å². The second-order valence-corrected chi connectivity index (χ2v) is 4.78. The van der Waals surface area contributed by atoms with Gasteiger partial charge in [0.2, 0.25) is 0 Å². The quantitative estimate of drug-likeness (QED) is 0.888. The number of aromatic nitrogens is 1. The fraction of sp³-hybridized carbons (Fsp3) is 0.267. The average molecular weight is 261 g/mol. The van der Waals surface area contributed by atoms with Gasteiger partial charge < -0.3 is 5.32 Å². The van der Waals surface area contributed by atoms with Crippen molar-refractivity contribution in [3.63, 3.8) is 0 Å². The molecular formula is C15H17ClN2. The maximum Gasteiger partial charge on any atom is 0.0406 e. The summed E-state index contributed by atoms with van der Waals surface area (Å²) in [7, 11) is 0. The van der Waals surface area contributed by atoms with E-state index in [-0.39, 0.29) is 0 Å². The molecule has 1 aromatic heterocycles. The van der Waals surface area contributed by atoms with Gasteiger partial charge in [-0.3, -0.25) is 4.98 Å². The molecule has 18 heavy (non-hydrogen) atoms. The van der Waals surface area contributed by atoms with Crippen LogP contribution in [0.2, 0.25) is 5.02 Å². The van der Waals surface area contributed by atoms with Crippen molar-refractivity contribution in [2.24, 2.45) is 0 Å². The van der Waals surface area contributed by atoms with Gasteiger partial charge in [-0.25, -0.2) is 0 Å². The average Bonchev–Trinajstić information content (AvgIpc) is 2.42. The van der Waals surface area contributed by atoms with Gasteiger partial charge in [0, 0.05) is 23.5 Å². The first-order valence-electron chi connectivity index (χ1n) is 6.13. The number of pyridine rings is 1. The summed E-state index contributed by atoms with van der Waals surface area (Å²) in [5.74, 6) is 0. The Hall–Kier alpha value is -1.38. The van der Waals surface area contributed by atoms with Crippen LogP contribution in [0.1, 0.15) is 24.1 Å². The summed E-state index contributed by atoms with van der Waals surface area (Å²) in [6.45, 7) is 3.09. The minimum absolute atomic E-state index is 0.325. The molecule has 0 aliphatic heterocycles. The van der Waals surface area contributed by atoms with E-state index in [2.05, 4.69) is 35.4 Å². The molecule has 3 heteroatoms. The Bertz CT molecular complexity index is 468. The highest BCUT2D eigenvalue weighted by atomic mass is 35.5. The van der Waals surface area contributed by atoms with Crippen molar-refractivity contribution >= 4 is 11.6 Å². The number of halogens is 1. The Morgan fingerprint density at radius 3 is 2.67 bits per heavy atom. The van der Waals surface area contributed by atoms with Crippen molar-refractivity contribution in [2.45, 2.75) is 19.4 Å². The third kappa shape index (κ3) is 3.83. The maximum absolute atomic E-state index is 5.85. The highest BCUT2D eigenvalue weighted by Gasteiger charge is 2.03. The maximum atomic E-state index is 5.85. The third-order valence-corrected chi connectivity index (χ3v) is 3.21. The number of hydrogen-bond acceptors (Lipinski definition) is 2. The summed E-state index contributed by atoms with van der Waals surface area (Å²) < 4.78 is 0. The number of hydrogen-bond donors (Lipinski definition) is 1. The van der Waals surface area contributed by atoms with Crippen molar-refractivity contribution in [3.8, 4) is 0 Å². The molecule has 1 unspecified atom stereocenters. The van der Waals surface area contributed by atoms with E-state index in [0.29, 0.717) is 6.04 Å². The molecule has 1 N–H and O–H groups in total. The van der Waals surface area contributed by atoms with Gasteiger partial charge >= 0.3 is 0 Å². The van der Waals surface area contributed by atoms with E-state index in [1.807, 2.05) is 24.4 Å². The van der Waals surface area contributed by atoms with Crippen LogP contribution in [-0.4, -0.2) is 11.5 Å². The zero-order valence-electron chi connectivity index (χ0n) is 10.4. The van der Waals surface area contributed by atoms with Gasteiger partial charge in [-0.2, -0.15) is 0 Å². The van der Waals surface area contributed by atoms with E-state index in [9.17, 15) is 0 Å². The number of nitrogens with zero attached hydrogens (tertiary/aromatic N) is 1. The van der Waals surface area contributed by atoms with Crippen LogP contribution in [0.15, 0.2) is 48.8 Å². The molecule has 0 fully saturated rings. The van der Waals surface area contributed by atoms with Crippen molar-refractivity contribution in [2.75, 3.05) is 6.54 Å². The van der Waals surface area contributed by atoms with Crippen molar-refractivity contribution in [1.29, 1.82) is 0 Å². The summed E-state index contributed by atoms with van der Waals surface area (Å²) in [4.78, 5) is 4.13. The second-order valence-electron chi connectivity index (χ2n) is 4.34. The molecule has 0 spiro atoms. The minimum atomic E-state index is 0.325. The predicted octanol–water partition coefficient (Wildman–Crippen LogP) is 3.63. The lowest BCUT2D eigenvalue weighted by atomic mass is 10.1. The van der Waals surface area contributed by atoms with Crippen molar-refractivity contribution < 1.29 is 0 Å². The van der Waals surface area contributed by atoms with Crippen molar-refractivity contribution in [1.82, 2.24) is 10.3 Å². The number of benzene rings is 1. The lowest BCUT2D eigenvalue weighted by molar-refractivity contribution is 0.575. The molecule has 2 aromatic rings. The predicted molar refractivity (Wildman–Crippen MR) is 75.8 cm³/mol. The minimum Gasteiger partial charge on any atom is -0.310 e. The highest BCUT2D eigenvalue weighted by molar-refractivity contribution is 6.30. The van der Waals surface area contributed by atoms with Gasteiger partial charge in [-0.05, 0) is 49.2 Å². The Morgan fingerprint density at radius 1 is 1.22 bits per heavy atom. The SMILES string of the molecule is CC(NCCc1ccc(Cl)cc1)c1cccnc1. The van der Waals surface area contributed by atoms with Crippen LogP contribution in [0.5, 0.6) is 0 Å². The Kier molecular flexibility index (Phi) is 4.73. The molecule has 0 radical (unpaired) electrons. The monoisotopic (exact) mass is 260 g/mol.